The van der Waals surface area contributed by atoms with Gasteiger partial charge in [-0.15, -0.1) is 0 Å². The number of amides is 1. The normalized spacial score (nSPS) is 17.3. The average molecular weight is 607 g/mol. The third-order valence-electron chi connectivity index (χ3n) is 6.03. The summed E-state index contributed by atoms with van der Waals surface area (Å²) >= 11 is 16.9. The number of hydrogen-bond acceptors (Lipinski definition) is 10. The maximum absolute atomic E-state index is 12.8. The van der Waals surface area contributed by atoms with Gasteiger partial charge in [0.15, 0.2) is 23.0 Å². The van der Waals surface area contributed by atoms with Gasteiger partial charge < -0.3 is 43.2 Å². The topological polar surface area (TPSA) is 123 Å². The lowest BCUT2D eigenvalue weighted by molar-refractivity contribution is 0.0594. The van der Waals surface area contributed by atoms with Crippen LogP contribution in [0.4, 0.5) is 4.79 Å². The number of alkyl halides is 3. The Morgan fingerprint density at radius 2 is 1.77 bits per heavy atom. The first-order chi connectivity index (χ1) is 18.6. The summed E-state index contributed by atoms with van der Waals surface area (Å²) in [5.41, 5.74) is 2.16. The number of rotatable bonds is 10. The van der Waals surface area contributed by atoms with Crippen molar-refractivity contribution in [2.45, 2.75) is 22.4 Å². The van der Waals surface area contributed by atoms with Crippen LogP contribution in [0.15, 0.2) is 18.2 Å². The number of methoxy groups -OCH3 is 4. The van der Waals surface area contributed by atoms with Crippen molar-refractivity contribution in [2.24, 2.45) is 0 Å². The molecule has 11 nitrogen and oxygen atoms in total. The van der Waals surface area contributed by atoms with Crippen LogP contribution in [0, 0.1) is 0 Å². The zero-order valence-electron chi connectivity index (χ0n) is 21.4. The number of esters is 1. The van der Waals surface area contributed by atoms with Gasteiger partial charge in [-0.1, -0.05) is 40.9 Å². The molecule has 1 N–H and O–H groups in total. The predicted molar refractivity (Wildman–Crippen MR) is 140 cm³/mol. The molecule has 212 valence electrons. The van der Waals surface area contributed by atoms with Crippen LogP contribution in [-0.4, -0.2) is 64.2 Å². The summed E-state index contributed by atoms with van der Waals surface area (Å²) in [6.45, 7) is -0.207. The lowest BCUT2D eigenvalue weighted by Gasteiger charge is -2.17. The van der Waals surface area contributed by atoms with Crippen LogP contribution in [0.5, 0.6) is 28.7 Å². The molecule has 14 heteroatoms. The Labute approximate surface area is 239 Å². The predicted octanol–water partition coefficient (Wildman–Crippen LogP) is 4.68. The monoisotopic (exact) mass is 605 g/mol. The number of epoxide rings is 1. The van der Waals surface area contributed by atoms with Gasteiger partial charge >= 0.3 is 12.1 Å². The minimum absolute atomic E-state index is 0.0211. The first-order valence-electron chi connectivity index (χ1n) is 11.6. The Kier molecular flexibility index (Phi) is 8.95. The van der Waals surface area contributed by atoms with Crippen molar-refractivity contribution in [1.82, 2.24) is 5.32 Å². The number of nitrogens with one attached hydrogen (secondary N) is 1. The number of alkyl carbamates (subject to hydrolysis) is 1. The van der Waals surface area contributed by atoms with Crippen LogP contribution in [-0.2, 0) is 20.6 Å². The van der Waals surface area contributed by atoms with E-state index >= 15 is 0 Å². The highest BCUT2D eigenvalue weighted by molar-refractivity contribution is 6.67. The summed E-state index contributed by atoms with van der Waals surface area (Å²) in [6, 6.07) is 5.20. The van der Waals surface area contributed by atoms with Crippen molar-refractivity contribution in [2.75, 3.05) is 48.4 Å². The second-order valence-corrected chi connectivity index (χ2v) is 10.8. The van der Waals surface area contributed by atoms with Gasteiger partial charge in [0.05, 0.1) is 28.4 Å². The maximum atomic E-state index is 12.8. The SMILES string of the molecule is COC(=O)c1c([C@H]2O[C@@H]2c2c(CCNC(=O)OCC(Cl)(Cl)Cl)cc3c(c2OC)OCO3)ccc(OC)c1OC. The van der Waals surface area contributed by atoms with E-state index in [2.05, 4.69) is 5.32 Å². The Morgan fingerprint density at radius 1 is 1.03 bits per heavy atom. The van der Waals surface area contributed by atoms with E-state index < -0.39 is 34.7 Å². The summed E-state index contributed by atoms with van der Waals surface area (Å²) in [4.78, 5) is 24.8. The highest BCUT2D eigenvalue weighted by atomic mass is 35.6. The molecule has 39 heavy (non-hydrogen) atoms. The van der Waals surface area contributed by atoms with Gasteiger partial charge in [-0.2, -0.15) is 0 Å². The molecule has 0 bridgehead atoms. The van der Waals surface area contributed by atoms with E-state index in [-0.39, 0.29) is 24.7 Å². The molecule has 0 unspecified atom stereocenters. The molecule has 1 amide bonds. The Balaban J connectivity index is 1.64. The fraction of sp³-hybridized carbons (Fsp3) is 0.440. The molecule has 0 aromatic heterocycles. The maximum Gasteiger partial charge on any atom is 0.407 e. The van der Waals surface area contributed by atoms with Crippen LogP contribution in [0.25, 0.3) is 0 Å². The lowest BCUT2D eigenvalue weighted by Crippen LogP contribution is -2.29. The van der Waals surface area contributed by atoms with Crippen molar-refractivity contribution in [1.29, 1.82) is 0 Å². The van der Waals surface area contributed by atoms with Gasteiger partial charge in [0.1, 0.15) is 24.4 Å². The minimum atomic E-state index is -1.72. The standard InChI is InChI=1S/C25H26Cl3NO10/c1-32-14-6-5-13(17(19(14)33-2)23(30)35-4)18-22(39-18)16-12(7-8-29-24(31)36-10-25(26,27)28)9-15-20(21(16)34-3)38-11-37-15/h5-6,9,18,22H,7-8,10-11H2,1-4H3,(H,29,31)/t18-,22-/m1/s1. The zero-order valence-corrected chi connectivity index (χ0v) is 23.7. The van der Waals surface area contributed by atoms with Crippen molar-refractivity contribution in [3.8, 4) is 28.7 Å². The summed E-state index contributed by atoms with van der Waals surface area (Å²) < 4.78 is 42.1. The summed E-state index contributed by atoms with van der Waals surface area (Å²) in [7, 11) is 5.69. The Bertz CT molecular complexity index is 1250. The smallest absolute Gasteiger partial charge is 0.407 e. The molecular weight excluding hydrogens is 581 g/mol. The third-order valence-corrected chi connectivity index (χ3v) is 6.36. The molecule has 2 aromatic rings. The number of fused-ring (bicyclic) bond motifs is 1. The van der Waals surface area contributed by atoms with Crippen LogP contribution in [0.3, 0.4) is 0 Å². The zero-order chi connectivity index (χ0) is 28.3. The summed E-state index contributed by atoms with van der Waals surface area (Å²) in [5.74, 6) is 1.33. The van der Waals surface area contributed by atoms with E-state index in [0.29, 0.717) is 40.5 Å². The molecular formula is C25H26Cl3NO10. The number of hydrogen-bond donors (Lipinski definition) is 1. The fourth-order valence-corrected chi connectivity index (χ4v) is 4.52. The van der Waals surface area contributed by atoms with E-state index in [1.807, 2.05) is 0 Å². The molecule has 4 rings (SSSR count). The molecule has 2 atom stereocenters. The highest BCUT2D eigenvalue weighted by Gasteiger charge is 2.48. The molecule has 0 aliphatic carbocycles. The summed E-state index contributed by atoms with van der Waals surface area (Å²) in [5, 5.41) is 2.62. The van der Waals surface area contributed by atoms with Crippen molar-refractivity contribution in [3.63, 3.8) is 0 Å². The molecule has 2 aliphatic heterocycles. The van der Waals surface area contributed by atoms with Crippen molar-refractivity contribution < 1.29 is 47.5 Å². The quantitative estimate of drug-likeness (QED) is 0.232. The highest BCUT2D eigenvalue weighted by Crippen LogP contribution is 2.59. The van der Waals surface area contributed by atoms with E-state index in [9.17, 15) is 9.59 Å². The molecule has 0 saturated carbocycles. The number of carbonyl (C=O) groups excluding carboxylic acids is 2. The first-order valence-corrected chi connectivity index (χ1v) is 12.7. The van der Waals surface area contributed by atoms with Gasteiger partial charge in [0.2, 0.25) is 16.3 Å². The molecule has 0 radical (unpaired) electrons. The van der Waals surface area contributed by atoms with E-state index in [1.54, 1.807) is 18.2 Å². The van der Waals surface area contributed by atoms with Crippen LogP contribution >= 0.6 is 34.8 Å². The molecule has 2 heterocycles. The fourth-order valence-electron chi connectivity index (χ4n) is 4.36. The molecule has 2 aromatic carbocycles. The molecule has 0 spiro atoms. The average Bonchev–Trinajstić information content (AvgIpc) is 3.56. The lowest BCUT2D eigenvalue weighted by atomic mass is 9.93. The van der Waals surface area contributed by atoms with E-state index in [0.717, 1.165) is 5.56 Å². The Morgan fingerprint density at radius 3 is 2.41 bits per heavy atom. The van der Waals surface area contributed by atoms with E-state index in [1.165, 1.54) is 28.4 Å². The number of carbonyl (C=O) groups is 2. The molecule has 2 aliphatic rings. The van der Waals surface area contributed by atoms with Gasteiger partial charge in [0.25, 0.3) is 0 Å². The van der Waals surface area contributed by atoms with Gasteiger partial charge in [0, 0.05) is 17.7 Å². The number of benzene rings is 2. The minimum Gasteiger partial charge on any atom is -0.493 e. The van der Waals surface area contributed by atoms with Crippen molar-refractivity contribution >= 4 is 46.9 Å². The second kappa shape index (κ2) is 12.0. The van der Waals surface area contributed by atoms with Gasteiger partial charge in [-0.25, -0.2) is 9.59 Å². The van der Waals surface area contributed by atoms with Crippen molar-refractivity contribution in [3.05, 3.63) is 40.5 Å². The second-order valence-electron chi connectivity index (χ2n) is 8.32. The largest absolute Gasteiger partial charge is 0.493 e. The van der Waals surface area contributed by atoms with E-state index in [4.69, 9.17) is 72.7 Å². The number of halogens is 3. The van der Waals surface area contributed by atoms with Gasteiger partial charge in [-0.3, -0.25) is 0 Å². The Hall–Kier alpha value is -2.99. The van der Waals surface area contributed by atoms with Crippen LogP contribution < -0.4 is 29.0 Å². The molecule has 1 fully saturated rings. The number of ether oxygens (including phenoxy) is 8. The van der Waals surface area contributed by atoms with Crippen LogP contribution in [0.1, 0.15) is 39.3 Å². The molecule has 1 saturated heterocycles. The summed E-state index contributed by atoms with van der Waals surface area (Å²) in [6.07, 6.45) is -1.48. The first kappa shape index (κ1) is 29.0. The van der Waals surface area contributed by atoms with Gasteiger partial charge in [-0.05, 0) is 24.1 Å². The third kappa shape index (κ3) is 6.27. The van der Waals surface area contributed by atoms with Crippen LogP contribution in [0.2, 0.25) is 0 Å².